The molecule has 1 saturated carbocycles. The smallest absolute Gasteiger partial charge is 0.262 e. The Hall–Kier alpha value is -2.67. The zero-order valence-corrected chi connectivity index (χ0v) is 17.6. The van der Waals surface area contributed by atoms with Gasteiger partial charge in [0, 0.05) is 11.3 Å². The molecule has 0 bridgehead atoms. The molecule has 5 rings (SSSR count). The van der Waals surface area contributed by atoms with Crippen LogP contribution >= 0.6 is 11.3 Å². The van der Waals surface area contributed by atoms with Gasteiger partial charge in [-0.05, 0) is 56.9 Å². The number of rotatable bonds is 4. The molecule has 1 fully saturated rings. The summed E-state index contributed by atoms with van der Waals surface area (Å²) in [6, 6.07) is 5.65. The first-order valence-electron chi connectivity index (χ1n) is 9.99. The highest BCUT2D eigenvalue weighted by molar-refractivity contribution is 7.20. The highest BCUT2D eigenvalue weighted by Crippen LogP contribution is 2.40. The summed E-state index contributed by atoms with van der Waals surface area (Å²) in [4.78, 5) is 24.1. The number of thiophene rings is 1. The summed E-state index contributed by atoms with van der Waals surface area (Å²) in [5.41, 5.74) is 2.90. The SMILES string of the molecule is Cc1nc(C2CC2)nc2sc(C(=O)NC(C)c3ccc4c(c3)OCCO4)c(C)c12. The van der Waals surface area contributed by atoms with E-state index in [9.17, 15) is 4.79 Å². The fraction of sp³-hybridized carbons (Fsp3) is 0.409. The quantitative estimate of drug-likeness (QED) is 0.689. The van der Waals surface area contributed by atoms with E-state index in [1.807, 2.05) is 39.0 Å². The molecular weight excluding hydrogens is 386 g/mol. The van der Waals surface area contributed by atoms with Gasteiger partial charge in [-0.3, -0.25) is 4.79 Å². The van der Waals surface area contributed by atoms with Crippen LogP contribution in [0.2, 0.25) is 0 Å². The van der Waals surface area contributed by atoms with Crippen LogP contribution in [-0.4, -0.2) is 29.1 Å². The van der Waals surface area contributed by atoms with Crippen molar-refractivity contribution in [1.82, 2.24) is 15.3 Å². The van der Waals surface area contributed by atoms with Crippen LogP contribution < -0.4 is 14.8 Å². The fourth-order valence-corrected chi connectivity index (χ4v) is 4.92. The van der Waals surface area contributed by atoms with E-state index in [2.05, 4.69) is 10.3 Å². The van der Waals surface area contributed by atoms with Gasteiger partial charge in [-0.25, -0.2) is 9.97 Å². The van der Waals surface area contributed by atoms with E-state index >= 15 is 0 Å². The first-order chi connectivity index (χ1) is 14.0. The molecule has 0 spiro atoms. The summed E-state index contributed by atoms with van der Waals surface area (Å²) >= 11 is 1.46. The largest absolute Gasteiger partial charge is 0.486 e. The molecule has 1 aliphatic carbocycles. The molecule has 1 amide bonds. The first kappa shape index (κ1) is 18.4. The maximum Gasteiger partial charge on any atom is 0.262 e. The van der Waals surface area contributed by atoms with Crippen LogP contribution in [-0.2, 0) is 0 Å². The van der Waals surface area contributed by atoms with E-state index in [4.69, 9.17) is 14.5 Å². The summed E-state index contributed by atoms with van der Waals surface area (Å²) < 4.78 is 11.2. The molecule has 1 aliphatic heterocycles. The van der Waals surface area contributed by atoms with Gasteiger partial charge in [0.25, 0.3) is 5.91 Å². The summed E-state index contributed by atoms with van der Waals surface area (Å²) in [6.45, 7) is 7.07. The van der Waals surface area contributed by atoms with Crippen molar-refractivity contribution in [3.05, 3.63) is 45.7 Å². The van der Waals surface area contributed by atoms with Crippen molar-refractivity contribution >= 4 is 27.5 Å². The number of aromatic nitrogens is 2. The van der Waals surface area contributed by atoms with Crippen molar-refractivity contribution in [3.8, 4) is 11.5 Å². The molecule has 3 aromatic rings. The lowest BCUT2D eigenvalue weighted by Gasteiger charge is -2.21. The van der Waals surface area contributed by atoms with Crippen molar-refractivity contribution in [2.75, 3.05) is 13.2 Å². The Bertz CT molecular complexity index is 1120. The lowest BCUT2D eigenvalue weighted by molar-refractivity contribution is 0.0943. The Labute approximate surface area is 173 Å². The Balaban J connectivity index is 1.41. The Morgan fingerprint density at radius 3 is 2.69 bits per heavy atom. The van der Waals surface area contributed by atoms with Gasteiger partial charge >= 0.3 is 0 Å². The third-order valence-electron chi connectivity index (χ3n) is 5.55. The molecule has 0 saturated heterocycles. The molecular formula is C22H23N3O3S. The van der Waals surface area contributed by atoms with Crippen molar-refractivity contribution in [1.29, 1.82) is 0 Å². The Kier molecular flexibility index (Phi) is 4.42. The van der Waals surface area contributed by atoms with Gasteiger partial charge < -0.3 is 14.8 Å². The van der Waals surface area contributed by atoms with Gasteiger partial charge in [0.05, 0.1) is 16.6 Å². The molecule has 0 radical (unpaired) electrons. The molecule has 29 heavy (non-hydrogen) atoms. The van der Waals surface area contributed by atoms with E-state index in [1.54, 1.807) is 0 Å². The van der Waals surface area contributed by atoms with Crippen LogP contribution in [0.4, 0.5) is 0 Å². The second-order valence-electron chi connectivity index (χ2n) is 7.78. The molecule has 1 unspecified atom stereocenters. The zero-order chi connectivity index (χ0) is 20.1. The van der Waals surface area contributed by atoms with Gasteiger partial charge in [0.1, 0.15) is 23.9 Å². The van der Waals surface area contributed by atoms with Gasteiger partial charge in [-0.1, -0.05) is 6.07 Å². The number of fused-ring (bicyclic) bond motifs is 2. The number of carbonyl (C=O) groups is 1. The first-order valence-corrected chi connectivity index (χ1v) is 10.8. The number of hydrogen-bond donors (Lipinski definition) is 1. The molecule has 7 heteroatoms. The predicted molar refractivity (Wildman–Crippen MR) is 112 cm³/mol. The zero-order valence-electron chi connectivity index (χ0n) is 16.7. The summed E-state index contributed by atoms with van der Waals surface area (Å²) in [7, 11) is 0. The maximum absolute atomic E-state index is 13.0. The Morgan fingerprint density at radius 2 is 1.93 bits per heavy atom. The van der Waals surface area contributed by atoms with Crippen LogP contribution in [0, 0.1) is 13.8 Å². The summed E-state index contributed by atoms with van der Waals surface area (Å²) in [5.74, 6) is 2.81. The molecule has 2 aromatic heterocycles. The van der Waals surface area contributed by atoms with E-state index in [1.165, 1.54) is 11.3 Å². The van der Waals surface area contributed by atoms with E-state index in [0.717, 1.165) is 57.2 Å². The number of amides is 1. The lowest BCUT2D eigenvalue weighted by atomic mass is 10.1. The normalized spacial score (nSPS) is 16.7. The van der Waals surface area contributed by atoms with Crippen molar-refractivity contribution in [3.63, 3.8) is 0 Å². The standard InChI is InChI=1S/C22H23N3O3S/c1-11-18-13(3)23-20(14-4-5-14)25-22(18)29-19(11)21(26)24-12(2)15-6-7-16-17(10-15)28-9-8-27-16/h6-7,10,12,14H,4-5,8-9H2,1-3H3,(H,24,26). The number of ether oxygens (including phenoxy) is 2. The van der Waals surface area contributed by atoms with Crippen LogP contribution in [0.25, 0.3) is 10.2 Å². The molecule has 2 aliphatic rings. The van der Waals surface area contributed by atoms with Crippen molar-refractivity contribution in [2.45, 2.75) is 45.6 Å². The monoisotopic (exact) mass is 409 g/mol. The second kappa shape index (κ2) is 6.99. The maximum atomic E-state index is 13.0. The minimum atomic E-state index is -0.155. The third kappa shape index (κ3) is 3.33. The van der Waals surface area contributed by atoms with Gasteiger partial charge in [0.15, 0.2) is 11.5 Å². The fourth-order valence-electron chi connectivity index (χ4n) is 3.78. The predicted octanol–water partition coefficient (Wildman–Crippen LogP) is 4.45. The number of nitrogens with zero attached hydrogens (tertiary/aromatic N) is 2. The molecule has 3 heterocycles. The van der Waals surface area contributed by atoms with Crippen molar-refractivity contribution < 1.29 is 14.3 Å². The average molecular weight is 410 g/mol. The molecule has 1 N–H and O–H groups in total. The average Bonchev–Trinajstić information content (AvgIpc) is 3.51. The van der Waals surface area contributed by atoms with Crippen molar-refractivity contribution in [2.24, 2.45) is 0 Å². The molecule has 1 atom stereocenters. The van der Waals surface area contributed by atoms with Gasteiger partial charge in [0.2, 0.25) is 0 Å². The minimum absolute atomic E-state index is 0.0831. The number of nitrogens with one attached hydrogen (secondary N) is 1. The molecule has 6 nitrogen and oxygen atoms in total. The van der Waals surface area contributed by atoms with Crippen LogP contribution in [0.15, 0.2) is 18.2 Å². The van der Waals surface area contributed by atoms with Crippen LogP contribution in [0.5, 0.6) is 11.5 Å². The van der Waals surface area contributed by atoms with E-state index in [-0.39, 0.29) is 11.9 Å². The number of benzene rings is 1. The minimum Gasteiger partial charge on any atom is -0.486 e. The van der Waals surface area contributed by atoms with Gasteiger partial charge in [-0.15, -0.1) is 11.3 Å². The van der Waals surface area contributed by atoms with Gasteiger partial charge in [-0.2, -0.15) is 0 Å². The van der Waals surface area contributed by atoms with E-state index < -0.39 is 0 Å². The highest BCUT2D eigenvalue weighted by Gasteiger charge is 2.29. The highest BCUT2D eigenvalue weighted by atomic mass is 32.1. The second-order valence-corrected chi connectivity index (χ2v) is 8.78. The number of aryl methyl sites for hydroxylation is 2. The van der Waals surface area contributed by atoms with E-state index in [0.29, 0.717) is 24.0 Å². The Morgan fingerprint density at radius 1 is 1.17 bits per heavy atom. The van der Waals surface area contributed by atoms with Crippen LogP contribution in [0.1, 0.15) is 64.0 Å². The topological polar surface area (TPSA) is 73.3 Å². The molecule has 1 aromatic carbocycles. The van der Waals surface area contributed by atoms with Crippen LogP contribution in [0.3, 0.4) is 0 Å². The molecule has 150 valence electrons. The third-order valence-corrected chi connectivity index (χ3v) is 6.74. The number of hydrogen-bond acceptors (Lipinski definition) is 6. The lowest BCUT2D eigenvalue weighted by Crippen LogP contribution is -2.26. The summed E-state index contributed by atoms with van der Waals surface area (Å²) in [6.07, 6.45) is 2.32. The number of carbonyl (C=O) groups excluding carboxylic acids is 1. The summed E-state index contributed by atoms with van der Waals surface area (Å²) in [5, 5.41) is 4.13.